The molecule has 9 nitrogen and oxygen atoms in total. The van der Waals surface area contributed by atoms with E-state index >= 15 is 0 Å². The molecule has 1 fully saturated rings. The average Bonchev–Trinajstić information content (AvgIpc) is 3.56. The molecule has 39 heavy (non-hydrogen) atoms. The second-order valence-corrected chi connectivity index (χ2v) is 10.2. The number of carbonyl (C=O) groups excluding carboxylic acids is 1. The Labute approximate surface area is 230 Å². The van der Waals surface area contributed by atoms with Crippen LogP contribution in [0.25, 0.3) is 0 Å². The van der Waals surface area contributed by atoms with Crippen LogP contribution in [0.1, 0.15) is 51.0 Å². The molecule has 0 aromatic heterocycles. The molecule has 2 aliphatic rings. The molecule has 2 aromatic carbocycles. The summed E-state index contributed by atoms with van der Waals surface area (Å²) >= 11 is 0. The standard InChI is InChI=1S/C30H40N2O7/c1-4-6-14-31(15-7-5-2)28(33)18-32-17-24(21-8-13-26-27(16-21)39-20-38-26)29(30(34)35)25(32)19-37-23-11-9-22(36-3)10-12-23/h8-13,16,24-25,29H,4-7,14-15,17-20H2,1-3H3,(H,34,35). The molecule has 3 unspecified atom stereocenters. The zero-order valence-electron chi connectivity index (χ0n) is 23.1. The van der Waals surface area contributed by atoms with E-state index in [2.05, 4.69) is 13.8 Å². The summed E-state index contributed by atoms with van der Waals surface area (Å²) in [4.78, 5) is 30.2. The van der Waals surface area contributed by atoms with Crippen molar-refractivity contribution in [3.8, 4) is 23.0 Å². The monoisotopic (exact) mass is 540 g/mol. The second-order valence-electron chi connectivity index (χ2n) is 10.2. The van der Waals surface area contributed by atoms with Crippen LogP contribution in [-0.4, -0.2) is 79.5 Å². The summed E-state index contributed by atoms with van der Waals surface area (Å²) < 4.78 is 22.3. The molecule has 0 radical (unpaired) electrons. The quantitative estimate of drug-likeness (QED) is 0.377. The topological polar surface area (TPSA) is 97.8 Å². The van der Waals surface area contributed by atoms with Crippen LogP contribution >= 0.6 is 0 Å². The van der Waals surface area contributed by atoms with Crippen molar-refractivity contribution in [2.24, 2.45) is 5.92 Å². The predicted molar refractivity (Wildman–Crippen MR) is 147 cm³/mol. The van der Waals surface area contributed by atoms with Crippen molar-refractivity contribution in [2.75, 3.05) is 46.7 Å². The van der Waals surface area contributed by atoms with Gasteiger partial charge < -0.3 is 29.0 Å². The highest BCUT2D eigenvalue weighted by Crippen LogP contribution is 2.42. The largest absolute Gasteiger partial charge is 0.497 e. The highest BCUT2D eigenvalue weighted by molar-refractivity contribution is 5.79. The fourth-order valence-electron chi connectivity index (χ4n) is 5.37. The molecule has 0 spiro atoms. The van der Waals surface area contributed by atoms with Gasteiger partial charge in [-0.15, -0.1) is 0 Å². The number of fused-ring (bicyclic) bond motifs is 1. The zero-order valence-corrected chi connectivity index (χ0v) is 23.1. The first-order chi connectivity index (χ1) is 18.9. The summed E-state index contributed by atoms with van der Waals surface area (Å²) in [6, 6.07) is 12.3. The molecule has 2 aliphatic heterocycles. The van der Waals surface area contributed by atoms with Crippen molar-refractivity contribution in [2.45, 2.75) is 51.5 Å². The third-order valence-electron chi connectivity index (χ3n) is 7.59. The van der Waals surface area contributed by atoms with Gasteiger partial charge in [0.25, 0.3) is 0 Å². The van der Waals surface area contributed by atoms with E-state index in [1.165, 1.54) is 0 Å². The lowest BCUT2D eigenvalue weighted by molar-refractivity contribution is -0.144. The third-order valence-corrected chi connectivity index (χ3v) is 7.59. The van der Waals surface area contributed by atoms with E-state index in [1.807, 2.05) is 28.0 Å². The van der Waals surface area contributed by atoms with Gasteiger partial charge in [0, 0.05) is 25.6 Å². The number of nitrogens with zero attached hydrogens (tertiary/aromatic N) is 2. The number of benzene rings is 2. The Kier molecular flexibility index (Phi) is 9.92. The summed E-state index contributed by atoms with van der Waals surface area (Å²) in [6.07, 6.45) is 3.89. The van der Waals surface area contributed by atoms with Gasteiger partial charge in [-0.2, -0.15) is 0 Å². The van der Waals surface area contributed by atoms with Crippen LogP contribution in [0.15, 0.2) is 42.5 Å². The van der Waals surface area contributed by atoms with E-state index in [4.69, 9.17) is 18.9 Å². The Bertz CT molecular complexity index is 1100. The van der Waals surface area contributed by atoms with Gasteiger partial charge in [0.1, 0.15) is 18.1 Å². The lowest BCUT2D eigenvalue weighted by Crippen LogP contribution is -2.46. The number of carboxylic acids is 1. The molecule has 9 heteroatoms. The van der Waals surface area contributed by atoms with Crippen LogP contribution in [0.4, 0.5) is 0 Å². The van der Waals surface area contributed by atoms with Gasteiger partial charge in [0.15, 0.2) is 11.5 Å². The molecule has 1 amide bonds. The Morgan fingerprint density at radius 2 is 1.67 bits per heavy atom. The van der Waals surface area contributed by atoms with Gasteiger partial charge in [-0.05, 0) is 54.8 Å². The fraction of sp³-hybridized carbons (Fsp3) is 0.533. The zero-order chi connectivity index (χ0) is 27.8. The van der Waals surface area contributed by atoms with E-state index < -0.39 is 17.9 Å². The predicted octanol–water partition coefficient (Wildman–Crippen LogP) is 4.40. The number of unbranched alkanes of at least 4 members (excludes halogenated alkanes) is 2. The summed E-state index contributed by atoms with van der Waals surface area (Å²) in [5.41, 5.74) is 0.852. The van der Waals surface area contributed by atoms with Crippen LogP contribution < -0.4 is 18.9 Å². The number of amides is 1. The minimum Gasteiger partial charge on any atom is -0.497 e. The molecule has 4 rings (SSSR count). The number of hydrogen-bond acceptors (Lipinski definition) is 7. The first-order valence-electron chi connectivity index (χ1n) is 13.9. The molecule has 212 valence electrons. The number of hydrogen-bond donors (Lipinski definition) is 1. The fourth-order valence-corrected chi connectivity index (χ4v) is 5.37. The maximum Gasteiger partial charge on any atom is 0.308 e. The lowest BCUT2D eigenvalue weighted by atomic mass is 9.85. The SMILES string of the molecule is CCCCN(CCCC)C(=O)CN1CC(c2ccc3c(c2)OCO3)C(C(=O)O)C1COc1ccc(OC)cc1. The van der Waals surface area contributed by atoms with Gasteiger partial charge in [-0.25, -0.2) is 0 Å². The number of carbonyl (C=O) groups is 2. The van der Waals surface area contributed by atoms with Crippen molar-refractivity contribution in [3.05, 3.63) is 48.0 Å². The lowest BCUT2D eigenvalue weighted by Gasteiger charge is -2.29. The molecule has 2 heterocycles. The van der Waals surface area contributed by atoms with Crippen LogP contribution in [0.3, 0.4) is 0 Å². The average molecular weight is 541 g/mol. The Morgan fingerprint density at radius 1 is 1.00 bits per heavy atom. The van der Waals surface area contributed by atoms with E-state index in [-0.39, 0.29) is 31.8 Å². The third kappa shape index (κ3) is 6.95. The summed E-state index contributed by atoms with van der Waals surface area (Å²) in [5, 5.41) is 10.4. The number of rotatable bonds is 14. The molecular weight excluding hydrogens is 500 g/mol. The van der Waals surface area contributed by atoms with Crippen molar-refractivity contribution in [3.63, 3.8) is 0 Å². The van der Waals surface area contributed by atoms with Crippen molar-refractivity contribution < 1.29 is 33.6 Å². The first-order valence-corrected chi connectivity index (χ1v) is 13.9. The molecule has 2 aromatic rings. The van der Waals surface area contributed by atoms with Crippen LogP contribution in [0.5, 0.6) is 23.0 Å². The summed E-state index contributed by atoms with van der Waals surface area (Å²) in [6.45, 7) is 6.51. The van der Waals surface area contributed by atoms with E-state index in [9.17, 15) is 14.7 Å². The Morgan fingerprint density at radius 3 is 2.31 bits per heavy atom. The van der Waals surface area contributed by atoms with Crippen molar-refractivity contribution in [1.82, 2.24) is 9.80 Å². The second kappa shape index (κ2) is 13.6. The number of likely N-dealkylation sites (tertiary alicyclic amines) is 1. The smallest absolute Gasteiger partial charge is 0.308 e. The molecule has 1 N–H and O–H groups in total. The number of methoxy groups -OCH3 is 1. The maximum atomic E-state index is 13.5. The van der Waals surface area contributed by atoms with Crippen LogP contribution in [0, 0.1) is 5.92 Å². The molecule has 1 saturated heterocycles. The Balaban J connectivity index is 1.58. The first kappa shape index (κ1) is 28.5. The normalized spacial score (nSPS) is 20.1. The molecule has 0 aliphatic carbocycles. The highest BCUT2D eigenvalue weighted by atomic mass is 16.7. The van der Waals surface area contributed by atoms with Gasteiger partial charge in [-0.1, -0.05) is 32.8 Å². The minimum atomic E-state index is -0.912. The molecule has 3 atom stereocenters. The summed E-state index contributed by atoms with van der Waals surface area (Å²) in [7, 11) is 1.60. The molecular formula is C30H40N2O7. The van der Waals surface area contributed by atoms with Gasteiger partial charge >= 0.3 is 5.97 Å². The van der Waals surface area contributed by atoms with Crippen molar-refractivity contribution >= 4 is 11.9 Å². The molecule has 0 saturated carbocycles. The van der Waals surface area contributed by atoms with Gasteiger partial charge in [0.2, 0.25) is 12.7 Å². The minimum absolute atomic E-state index is 0.0295. The summed E-state index contributed by atoms with van der Waals surface area (Å²) in [5.74, 6) is 0.600. The van der Waals surface area contributed by atoms with E-state index in [0.717, 1.165) is 31.2 Å². The number of carboxylic acid groups (broad SMARTS) is 1. The van der Waals surface area contributed by atoms with Crippen molar-refractivity contribution in [1.29, 1.82) is 0 Å². The van der Waals surface area contributed by atoms with Gasteiger partial charge in [0.05, 0.1) is 25.6 Å². The number of ether oxygens (including phenoxy) is 4. The van der Waals surface area contributed by atoms with Gasteiger partial charge in [-0.3, -0.25) is 14.5 Å². The number of aliphatic carboxylic acids is 1. The maximum absolute atomic E-state index is 13.5. The van der Waals surface area contributed by atoms with E-state index in [1.54, 1.807) is 31.4 Å². The van der Waals surface area contributed by atoms with Crippen LogP contribution in [0.2, 0.25) is 0 Å². The van der Waals surface area contributed by atoms with Crippen LogP contribution in [-0.2, 0) is 9.59 Å². The highest BCUT2D eigenvalue weighted by Gasteiger charge is 2.48. The van der Waals surface area contributed by atoms with E-state index in [0.29, 0.717) is 42.6 Å². The molecule has 0 bridgehead atoms. The Hall–Kier alpha value is -3.46.